The molecule has 6 heteroatoms. The second-order valence-corrected chi connectivity index (χ2v) is 6.69. The third-order valence-electron chi connectivity index (χ3n) is 4.37. The molecule has 1 heterocycles. The van der Waals surface area contributed by atoms with Gasteiger partial charge in [-0.25, -0.2) is 9.37 Å². The molecule has 0 saturated heterocycles. The number of hydrogen-bond acceptors (Lipinski definition) is 4. The number of carbonyl (C=O) groups excluding carboxylic acids is 1. The summed E-state index contributed by atoms with van der Waals surface area (Å²) in [6, 6.07) is 6.39. The normalized spacial score (nSPS) is 20.8. The number of hydrogen-bond donors (Lipinski definition) is 1. The van der Waals surface area contributed by atoms with Crippen molar-refractivity contribution < 1.29 is 18.7 Å². The summed E-state index contributed by atoms with van der Waals surface area (Å²) in [7, 11) is 0. The maximum Gasteiger partial charge on any atom is 0.221 e. The lowest BCUT2D eigenvalue weighted by Gasteiger charge is -2.35. The zero-order valence-corrected chi connectivity index (χ0v) is 14.5. The van der Waals surface area contributed by atoms with E-state index in [0.29, 0.717) is 25.0 Å². The fourth-order valence-corrected chi connectivity index (χ4v) is 3.05. The molecule has 0 spiro atoms. The van der Waals surface area contributed by atoms with Gasteiger partial charge in [0.05, 0.1) is 19.3 Å². The fourth-order valence-electron chi connectivity index (χ4n) is 3.05. The van der Waals surface area contributed by atoms with E-state index in [0.717, 1.165) is 23.6 Å². The van der Waals surface area contributed by atoms with Crippen molar-refractivity contribution in [2.45, 2.75) is 38.8 Å². The van der Waals surface area contributed by atoms with Crippen LogP contribution in [0.4, 0.5) is 4.39 Å². The molecule has 0 aliphatic heterocycles. The van der Waals surface area contributed by atoms with E-state index in [-0.39, 0.29) is 23.9 Å². The Labute approximate surface area is 146 Å². The van der Waals surface area contributed by atoms with Gasteiger partial charge in [0.1, 0.15) is 5.82 Å². The number of nitrogens with one attached hydrogen (secondary N) is 1. The van der Waals surface area contributed by atoms with E-state index >= 15 is 0 Å². The molecule has 0 bridgehead atoms. The Morgan fingerprint density at radius 1 is 1.40 bits per heavy atom. The fraction of sp³-hybridized carbons (Fsp3) is 0.474. The van der Waals surface area contributed by atoms with Crippen LogP contribution in [0.1, 0.15) is 26.7 Å². The van der Waals surface area contributed by atoms with Crippen LogP contribution in [0.5, 0.6) is 5.88 Å². The van der Waals surface area contributed by atoms with Crippen molar-refractivity contribution in [2.24, 2.45) is 5.92 Å². The van der Waals surface area contributed by atoms with Crippen molar-refractivity contribution >= 4 is 16.7 Å². The molecule has 0 radical (unpaired) electrons. The molecule has 1 saturated carbocycles. The minimum atomic E-state index is -0.267. The van der Waals surface area contributed by atoms with E-state index in [1.165, 1.54) is 19.1 Å². The summed E-state index contributed by atoms with van der Waals surface area (Å²) in [6.07, 6.45) is 3.73. The third-order valence-corrected chi connectivity index (χ3v) is 4.37. The molecule has 1 atom stereocenters. The molecule has 2 aromatic rings. The predicted octanol–water partition coefficient (Wildman–Crippen LogP) is 3.07. The highest BCUT2D eigenvalue weighted by Gasteiger charge is 2.31. The van der Waals surface area contributed by atoms with Crippen LogP contribution >= 0.6 is 0 Å². The van der Waals surface area contributed by atoms with Gasteiger partial charge in [0.15, 0.2) is 0 Å². The van der Waals surface area contributed by atoms with Crippen LogP contribution in [0, 0.1) is 11.7 Å². The zero-order valence-electron chi connectivity index (χ0n) is 14.5. The number of amides is 1. The van der Waals surface area contributed by atoms with E-state index in [2.05, 4.69) is 10.3 Å². The largest absolute Gasteiger partial charge is 0.477 e. The maximum atomic E-state index is 13.3. The number of halogens is 1. The number of benzene rings is 1. The van der Waals surface area contributed by atoms with Gasteiger partial charge in [-0.3, -0.25) is 4.79 Å². The SMILES string of the molecule is CC(=O)N[C@@H](C)COC1CC(COc2nccc3cc(F)ccc23)C1. The Bertz CT molecular complexity index is 747. The minimum absolute atomic E-state index is 0.0214. The van der Waals surface area contributed by atoms with Gasteiger partial charge in [-0.2, -0.15) is 0 Å². The highest BCUT2D eigenvalue weighted by Crippen LogP contribution is 2.31. The number of pyridine rings is 1. The van der Waals surface area contributed by atoms with E-state index in [9.17, 15) is 9.18 Å². The lowest BCUT2D eigenvalue weighted by Crippen LogP contribution is -2.40. The first-order chi connectivity index (χ1) is 12.0. The summed E-state index contributed by atoms with van der Waals surface area (Å²) in [5, 5.41) is 4.41. The van der Waals surface area contributed by atoms with E-state index in [1.54, 1.807) is 18.3 Å². The monoisotopic (exact) mass is 346 g/mol. The lowest BCUT2D eigenvalue weighted by molar-refractivity contribution is -0.120. The smallest absolute Gasteiger partial charge is 0.221 e. The van der Waals surface area contributed by atoms with Gasteiger partial charge >= 0.3 is 0 Å². The van der Waals surface area contributed by atoms with Crippen LogP contribution in [-0.2, 0) is 9.53 Å². The third kappa shape index (κ3) is 4.66. The number of ether oxygens (including phenoxy) is 2. The molecule has 3 rings (SSSR count). The van der Waals surface area contributed by atoms with Gasteiger partial charge < -0.3 is 14.8 Å². The highest BCUT2D eigenvalue weighted by atomic mass is 19.1. The second kappa shape index (κ2) is 7.78. The Balaban J connectivity index is 1.43. The Morgan fingerprint density at radius 3 is 2.96 bits per heavy atom. The van der Waals surface area contributed by atoms with Crippen molar-refractivity contribution in [2.75, 3.05) is 13.2 Å². The Morgan fingerprint density at radius 2 is 2.20 bits per heavy atom. The van der Waals surface area contributed by atoms with Crippen LogP contribution in [0.15, 0.2) is 30.5 Å². The average molecular weight is 346 g/mol. The van der Waals surface area contributed by atoms with E-state index < -0.39 is 0 Å². The molecular formula is C19H23FN2O3. The quantitative estimate of drug-likeness (QED) is 0.837. The van der Waals surface area contributed by atoms with Crippen molar-refractivity contribution in [1.82, 2.24) is 10.3 Å². The summed E-state index contributed by atoms with van der Waals surface area (Å²) in [4.78, 5) is 15.2. The van der Waals surface area contributed by atoms with E-state index in [1.807, 2.05) is 6.92 Å². The highest BCUT2D eigenvalue weighted by molar-refractivity contribution is 5.86. The zero-order chi connectivity index (χ0) is 17.8. The van der Waals surface area contributed by atoms with Crippen LogP contribution in [0.3, 0.4) is 0 Å². The Kier molecular flexibility index (Phi) is 5.48. The van der Waals surface area contributed by atoms with Crippen molar-refractivity contribution in [1.29, 1.82) is 0 Å². The first-order valence-corrected chi connectivity index (χ1v) is 8.57. The lowest BCUT2D eigenvalue weighted by atomic mass is 9.83. The van der Waals surface area contributed by atoms with Gasteiger partial charge in [0, 0.05) is 24.5 Å². The average Bonchev–Trinajstić information content (AvgIpc) is 2.51. The molecule has 1 aromatic heterocycles. The van der Waals surface area contributed by atoms with Crippen LogP contribution < -0.4 is 10.1 Å². The summed E-state index contributed by atoms with van der Waals surface area (Å²) < 4.78 is 24.9. The van der Waals surface area contributed by atoms with Gasteiger partial charge in [0.25, 0.3) is 0 Å². The molecule has 1 fully saturated rings. The summed E-state index contributed by atoms with van der Waals surface area (Å²) in [5.41, 5.74) is 0. The molecule has 134 valence electrons. The number of fused-ring (bicyclic) bond motifs is 1. The molecule has 1 N–H and O–H groups in total. The van der Waals surface area contributed by atoms with Crippen LogP contribution in [-0.4, -0.2) is 36.3 Å². The topological polar surface area (TPSA) is 60.5 Å². The molecule has 25 heavy (non-hydrogen) atoms. The molecule has 1 aliphatic carbocycles. The minimum Gasteiger partial charge on any atom is -0.477 e. The molecular weight excluding hydrogens is 323 g/mol. The summed E-state index contributed by atoms with van der Waals surface area (Å²) in [5.74, 6) is 0.662. The van der Waals surface area contributed by atoms with E-state index in [4.69, 9.17) is 9.47 Å². The molecule has 1 amide bonds. The number of aromatic nitrogens is 1. The van der Waals surface area contributed by atoms with Crippen LogP contribution in [0.25, 0.3) is 10.8 Å². The predicted molar refractivity (Wildman–Crippen MR) is 92.9 cm³/mol. The molecule has 1 aliphatic rings. The van der Waals surface area contributed by atoms with Gasteiger partial charge in [-0.1, -0.05) is 0 Å². The number of nitrogens with zero attached hydrogens (tertiary/aromatic N) is 1. The summed E-state index contributed by atoms with van der Waals surface area (Å²) >= 11 is 0. The van der Waals surface area contributed by atoms with Gasteiger partial charge in [0.2, 0.25) is 11.8 Å². The van der Waals surface area contributed by atoms with Gasteiger partial charge in [-0.05, 0) is 55.3 Å². The van der Waals surface area contributed by atoms with Crippen molar-refractivity contribution in [3.05, 3.63) is 36.3 Å². The molecule has 0 unspecified atom stereocenters. The first-order valence-electron chi connectivity index (χ1n) is 8.57. The van der Waals surface area contributed by atoms with Crippen molar-refractivity contribution in [3.63, 3.8) is 0 Å². The number of carbonyl (C=O) groups is 1. The standard InChI is InChI=1S/C19H23FN2O3/c1-12(22-13(2)23)10-24-17-7-14(8-17)11-25-19-18-4-3-16(20)9-15(18)5-6-21-19/h3-6,9,12,14,17H,7-8,10-11H2,1-2H3,(H,22,23)/t12-,14?,17?/m0/s1. The van der Waals surface area contributed by atoms with Crippen molar-refractivity contribution in [3.8, 4) is 5.88 Å². The second-order valence-electron chi connectivity index (χ2n) is 6.69. The first kappa shape index (κ1) is 17.6. The Hall–Kier alpha value is -2.21. The molecule has 1 aromatic carbocycles. The summed E-state index contributed by atoms with van der Waals surface area (Å²) in [6.45, 7) is 4.53. The number of rotatable bonds is 7. The van der Waals surface area contributed by atoms with Gasteiger partial charge in [-0.15, -0.1) is 0 Å². The molecule has 5 nitrogen and oxygen atoms in total. The van der Waals surface area contributed by atoms with Crippen LogP contribution in [0.2, 0.25) is 0 Å². The maximum absolute atomic E-state index is 13.3.